The van der Waals surface area contributed by atoms with Crippen LogP contribution in [0.25, 0.3) is 0 Å². The van der Waals surface area contributed by atoms with E-state index in [1.54, 1.807) is 14.2 Å². The average Bonchev–Trinajstić information content (AvgIpc) is 2.70. The molecule has 1 fully saturated rings. The Kier molecular flexibility index (Phi) is 6.18. The Morgan fingerprint density at radius 1 is 0.760 bits per heavy atom. The molecule has 2 aromatic carbocycles. The summed E-state index contributed by atoms with van der Waals surface area (Å²) < 4.78 is 10.6. The number of rotatable bonds is 7. The smallest absolute Gasteiger partial charge is 0.119 e. The van der Waals surface area contributed by atoms with Gasteiger partial charge in [-0.25, -0.2) is 0 Å². The van der Waals surface area contributed by atoms with Crippen molar-refractivity contribution < 1.29 is 9.47 Å². The van der Waals surface area contributed by atoms with Gasteiger partial charge in [0.05, 0.1) is 14.2 Å². The molecule has 0 amide bonds. The van der Waals surface area contributed by atoms with Gasteiger partial charge in [0.1, 0.15) is 11.5 Å². The van der Waals surface area contributed by atoms with Crippen LogP contribution in [0.4, 0.5) is 11.4 Å². The van der Waals surface area contributed by atoms with Crippen LogP contribution >= 0.6 is 0 Å². The van der Waals surface area contributed by atoms with Gasteiger partial charge in [0.25, 0.3) is 0 Å². The number of piperidine rings is 1. The Balaban J connectivity index is 1.78. The van der Waals surface area contributed by atoms with Crippen LogP contribution in [0.1, 0.15) is 19.3 Å². The minimum absolute atomic E-state index is 0.884. The summed E-state index contributed by atoms with van der Waals surface area (Å²) in [6.45, 7) is 4.49. The Hall–Kier alpha value is -2.20. The fourth-order valence-corrected chi connectivity index (χ4v) is 3.36. The lowest BCUT2D eigenvalue weighted by Crippen LogP contribution is -2.36. The normalized spacial score (nSPS) is 15.0. The van der Waals surface area contributed by atoms with Crippen LogP contribution in [0.2, 0.25) is 0 Å². The number of hydrogen-bond donors (Lipinski definition) is 0. The summed E-state index contributed by atoms with van der Waals surface area (Å²) in [5.74, 6) is 1.77. The molecule has 0 unspecified atom stereocenters. The van der Waals surface area contributed by atoms with Crippen LogP contribution in [0, 0.1) is 0 Å². The van der Waals surface area contributed by atoms with Crippen molar-refractivity contribution in [3.63, 3.8) is 0 Å². The van der Waals surface area contributed by atoms with Gasteiger partial charge in [-0.3, -0.25) is 0 Å². The summed E-state index contributed by atoms with van der Waals surface area (Å²) in [4.78, 5) is 4.94. The second-order valence-electron chi connectivity index (χ2n) is 6.45. The lowest BCUT2D eigenvalue weighted by molar-refractivity contribution is 0.234. The lowest BCUT2D eigenvalue weighted by atomic mass is 10.1. The number of nitrogens with zero attached hydrogens (tertiary/aromatic N) is 2. The Labute approximate surface area is 151 Å². The van der Waals surface area contributed by atoms with Gasteiger partial charge in [-0.05, 0) is 74.5 Å². The summed E-state index contributed by atoms with van der Waals surface area (Å²) in [6, 6.07) is 16.6. The van der Waals surface area contributed by atoms with Crippen molar-refractivity contribution in [2.45, 2.75) is 19.3 Å². The van der Waals surface area contributed by atoms with E-state index in [9.17, 15) is 0 Å². The number of ether oxygens (including phenoxy) is 2. The number of likely N-dealkylation sites (tertiary alicyclic amines) is 1. The van der Waals surface area contributed by atoms with E-state index in [0.717, 1.165) is 24.6 Å². The van der Waals surface area contributed by atoms with E-state index in [-0.39, 0.29) is 0 Å². The third-order valence-electron chi connectivity index (χ3n) is 4.86. The van der Waals surface area contributed by atoms with E-state index in [0.29, 0.717) is 0 Å². The van der Waals surface area contributed by atoms with Crippen LogP contribution in [-0.2, 0) is 0 Å². The monoisotopic (exact) mass is 340 g/mol. The number of benzene rings is 2. The minimum Gasteiger partial charge on any atom is -0.497 e. The molecule has 0 saturated carbocycles. The maximum atomic E-state index is 5.30. The van der Waals surface area contributed by atoms with Crippen LogP contribution in [0.3, 0.4) is 0 Å². The van der Waals surface area contributed by atoms with E-state index < -0.39 is 0 Å². The largest absolute Gasteiger partial charge is 0.497 e. The Morgan fingerprint density at radius 3 is 1.68 bits per heavy atom. The van der Waals surface area contributed by atoms with Gasteiger partial charge in [-0.2, -0.15) is 0 Å². The molecule has 1 aliphatic heterocycles. The molecule has 1 heterocycles. The van der Waals surface area contributed by atoms with Crippen molar-refractivity contribution >= 4 is 11.4 Å². The fourth-order valence-electron chi connectivity index (χ4n) is 3.36. The van der Waals surface area contributed by atoms with Gasteiger partial charge in [0.2, 0.25) is 0 Å². The first-order chi connectivity index (χ1) is 12.3. The van der Waals surface area contributed by atoms with Crippen LogP contribution in [0.15, 0.2) is 48.5 Å². The van der Waals surface area contributed by atoms with Gasteiger partial charge in [0.15, 0.2) is 0 Å². The summed E-state index contributed by atoms with van der Waals surface area (Å²) in [5, 5.41) is 0. The molecule has 0 bridgehead atoms. The van der Waals surface area contributed by atoms with Gasteiger partial charge < -0.3 is 19.3 Å². The maximum Gasteiger partial charge on any atom is 0.119 e. The summed E-state index contributed by atoms with van der Waals surface area (Å²) in [7, 11) is 3.40. The van der Waals surface area contributed by atoms with Crippen LogP contribution in [0.5, 0.6) is 11.5 Å². The SMILES string of the molecule is COc1ccc(N(CCN2CCCCC2)c2ccc(OC)cc2)cc1. The van der Waals surface area contributed by atoms with Crippen LogP contribution < -0.4 is 14.4 Å². The molecule has 25 heavy (non-hydrogen) atoms. The van der Waals surface area contributed by atoms with Crippen molar-refractivity contribution in [3.05, 3.63) is 48.5 Å². The lowest BCUT2D eigenvalue weighted by Gasteiger charge is -2.31. The van der Waals surface area contributed by atoms with Gasteiger partial charge in [0, 0.05) is 24.5 Å². The molecule has 0 aromatic heterocycles. The van der Waals surface area contributed by atoms with Crippen LogP contribution in [-0.4, -0.2) is 45.3 Å². The summed E-state index contributed by atoms with van der Waals surface area (Å²) in [5.41, 5.74) is 2.37. The Morgan fingerprint density at radius 2 is 1.24 bits per heavy atom. The molecule has 0 N–H and O–H groups in total. The zero-order valence-electron chi connectivity index (χ0n) is 15.3. The zero-order valence-corrected chi connectivity index (χ0v) is 15.3. The van der Waals surface area contributed by atoms with E-state index in [4.69, 9.17) is 9.47 Å². The fraction of sp³-hybridized carbons (Fsp3) is 0.429. The predicted octanol–water partition coefficient (Wildman–Crippen LogP) is 4.33. The second-order valence-corrected chi connectivity index (χ2v) is 6.45. The topological polar surface area (TPSA) is 24.9 Å². The molecular formula is C21H28N2O2. The highest BCUT2D eigenvalue weighted by molar-refractivity contribution is 5.64. The van der Waals surface area contributed by atoms with Crippen molar-refractivity contribution in [3.8, 4) is 11.5 Å². The molecular weight excluding hydrogens is 312 g/mol. The van der Waals surface area contributed by atoms with Gasteiger partial charge in [-0.1, -0.05) is 6.42 Å². The minimum atomic E-state index is 0.884. The number of hydrogen-bond acceptors (Lipinski definition) is 4. The second kappa shape index (κ2) is 8.77. The van der Waals surface area contributed by atoms with Crippen molar-refractivity contribution in [2.75, 3.05) is 45.3 Å². The quantitative estimate of drug-likeness (QED) is 0.749. The highest BCUT2D eigenvalue weighted by atomic mass is 16.5. The Bertz CT molecular complexity index is 586. The first-order valence-corrected chi connectivity index (χ1v) is 9.08. The summed E-state index contributed by atoms with van der Waals surface area (Å²) in [6.07, 6.45) is 4.02. The molecule has 134 valence electrons. The highest BCUT2D eigenvalue weighted by Gasteiger charge is 2.14. The standard InChI is InChI=1S/C21H28N2O2/c1-24-20-10-6-18(7-11-20)23(17-16-22-14-4-3-5-15-22)19-8-12-21(25-2)13-9-19/h6-13H,3-5,14-17H2,1-2H3. The molecule has 1 aliphatic rings. The number of methoxy groups -OCH3 is 2. The molecule has 1 saturated heterocycles. The van der Waals surface area contributed by atoms with Crippen molar-refractivity contribution in [2.24, 2.45) is 0 Å². The van der Waals surface area contributed by atoms with E-state index in [2.05, 4.69) is 34.1 Å². The average molecular weight is 340 g/mol. The third kappa shape index (κ3) is 4.67. The molecule has 2 aromatic rings. The molecule has 4 nitrogen and oxygen atoms in total. The van der Waals surface area contributed by atoms with E-state index in [1.165, 1.54) is 43.7 Å². The molecule has 3 rings (SSSR count). The first kappa shape index (κ1) is 17.6. The first-order valence-electron chi connectivity index (χ1n) is 9.08. The summed E-state index contributed by atoms with van der Waals surface area (Å²) >= 11 is 0. The zero-order chi connectivity index (χ0) is 17.5. The predicted molar refractivity (Wildman–Crippen MR) is 103 cm³/mol. The molecule has 4 heteroatoms. The molecule has 0 atom stereocenters. The molecule has 0 aliphatic carbocycles. The number of anilines is 2. The van der Waals surface area contributed by atoms with Gasteiger partial charge in [-0.15, -0.1) is 0 Å². The van der Waals surface area contributed by atoms with Crippen molar-refractivity contribution in [1.29, 1.82) is 0 Å². The van der Waals surface area contributed by atoms with E-state index >= 15 is 0 Å². The van der Waals surface area contributed by atoms with E-state index in [1.807, 2.05) is 24.3 Å². The molecule has 0 spiro atoms. The van der Waals surface area contributed by atoms with Crippen molar-refractivity contribution in [1.82, 2.24) is 4.90 Å². The highest BCUT2D eigenvalue weighted by Crippen LogP contribution is 2.28. The maximum absolute atomic E-state index is 5.30. The van der Waals surface area contributed by atoms with Gasteiger partial charge >= 0.3 is 0 Å². The molecule has 0 radical (unpaired) electrons. The third-order valence-corrected chi connectivity index (χ3v) is 4.86.